The Labute approximate surface area is 205 Å². The maximum absolute atomic E-state index is 12.6. The molecule has 0 saturated carbocycles. The Bertz CT molecular complexity index is 1100. The second kappa shape index (κ2) is 11.3. The van der Waals surface area contributed by atoms with Gasteiger partial charge in [-0.1, -0.05) is 23.7 Å². The second-order valence-corrected chi connectivity index (χ2v) is 9.03. The number of carbonyl (C=O) groups is 1. The number of hydrogen-bond donors (Lipinski definition) is 2. The molecule has 0 spiro atoms. The van der Waals surface area contributed by atoms with E-state index >= 15 is 0 Å². The largest absolute Gasteiger partial charge is 0.369 e. The van der Waals surface area contributed by atoms with E-state index in [0.29, 0.717) is 30.3 Å². The summed E-state index contributed by atoms with van der Waals surface area (Å²) in [6.45, 7) is 5.30. The number of piperazine rings is 1. The van der Waals surface area contributed by atoms with Crippen LogP contribution in [-0.2, 0) is 6.54 Å². The smallest absolute Gasteiger partial charge is 0.322 e. The molecule has 0 unspecified atom stereocenters. The first-order chi connectivity index (χ1) is 16.5. The maximum Gasteiger partial charge on any atom is 0.322 e. The van der Waals surface area contributed by atoms with Crippen molar-refractivity contribution in [3.05, 3.63) is 59.4 Å². The monoisotopic (exact) mass is 479 g/mol. The maximum atomic E-state index is 12.6. The number of hydrogen-bond acceptors (Lipinski definition) is 6. The zero-order valence-corrected chi connectivity index (χ0v) is 20.4. The van der Waals surface area contributed by atoms with E-state index < -0.39 is 0 Å². The summed E-state index contributed by atoms with van der Waals surface area (Å²) in [6.07, 6.45) is 1.04. The highest BCUT2D eigenvalue weighted by Gasteiger charge is 2.22. The average molecular weight is 480 g/mol. The van der Waals surface area contributed by atoms with Crippen molar-refractivity contribution in [1.29, 1.82) is 0 Å². The molecule has 1 fully saturated rings. The highest BCUT2D eigenvalue weighted by molar-refractivity contribution is 6.30. The van der Waals surface area contributed by atoms with Crippen molar-refractivity contribution in [1.82, 2.24) is 24.7 Å². The third kappa shape index (κ3) is 6.48. The van der Waals surface area contributed by atoms with Crippen molar-refractivity contribution < 1.29 is 4.79 Å². The van der Waals surface area contributed by atoms with Crippen LogP contribution in [0.15, 0.2) is 36.4 Å². The van der Waals surface area contributed by atoms with Gasteiger partial charge in [-0.05, 0) is 63.5 Å². The number of nitrogens with one attached hydrogen (secondary N) is 2. The summed E-state index contributed by atoms with van der Waals surface area (Å²) in [7, 11) is 4.16. The average Bonchev–Trinajstić information content (AvgIpc) is 2.83. The van der Waals surface area contributed by atoms with Gasteiger partial charge in [0.25, 0.3) is 0 Å². The lowest BCUT2D eigenvalue weighted by molar-refractivity contribution is 0.141. The molecule has 1 aliphatic heterocycles. The number of rotatable bonds is 8. The van der Waals surface area contributed by atoms with Crippen LogP contribution < -0.4 is 10.6 Å². The van der Waals surface area contributed by atoms with Crippen LogP contribution in [0.4, 0.5) is 16.3 Å². The van der Waals surface area contributed by atoms with Crippen molar-refractivity contribution in [2.75, 3.05) is 64.0 Å². The summed E-state index contributed by atoms with van der Waals surface area (Å²) in [6, 6.07) is 17.0. The summed E-state index contributed by atoms with van der Waals surface area (Å²) < 4.78 is 0. The van der Waals surface area contributed by atoms with Gasteiger partial charge in [0.1, 0.15) is 11.6 Å². The molecule has 2 N–H and O–H groups in total. The number of aromatic nitrogens is 2. The van der Waals surface area contributed by atoms with Crippen LogP contribution in [0.25, 0.3) is 10.9 Å². The summed E-state index contributed by atoms with van der Waals surface area (Å²) in [4.78, 5) is 28.5. The van der Waals surface area contributed by atoms with Gasteiger partial charge < -0.3 is 20.4 Å². The molecule has 178 valence electrons. The van der Waals surface area contributed by atoms with Gasteiger partial charge >= 0.3 is 6.03 Å². The molecule has 2 aromatic carbocycles. The fourth-order valence-electron chi connectivity index (χ4n) is 3.88. The van der Waals surface area contributed by atoms with Gasteiger partial charge in [0.2, 0.25) is 0 Å². The van der Waals surface area contributed by atoms with E-state index in [1.165, 1.54) is 0 Å². The Morgan fingerprint density at radius 1 is 1.09 bits per heavy atom. The second-order valence-electron chi connectivity index (χ2n) is 8.63. The number of para-hydroxylation sites is 1. The minimum absolute atomic E-state index is 0.141. The number of nitrogens with zero attached hydrogens (tertiary/aromatic N) is 5. The summed E-state index contributed by atoms with van der Waals surface area (Å²) in [5.41, 5.74) is 1.50. The molecule has 3 aromatic rings. The Morgan fingerprint density at radius 2 is 1.88 bits per heavy atom. The van der Waals surface area contributed by atoms with Crippen molar-refractivity contribution in [2.45, 2.75) is 13.0 Å². The van der Waals surface area contributed by atoms with Gasteiger partial charge in [0.15, 0.2) is 0 Å². The number of benzene rings is 1. The Morgan fingerprint density at radius 3 is 2.62 bits per heavy atom. The Kier molecular flexibility index (Phi) is 8.01. The van der Waals surface area contributed by atoms with Crippen molar-refractivity contribution in [3.8, 4) is 0 Å². The molecule has 2 heterocycles. The zero-order valence-electron chi connectivity index (χ0n) is 19.6. The number of halogens is 1. The molecule has 1 saturated heterocycles. The highest BCUT2D eigenvalue weighted by atomic mass is 35.5. The third-order valence-corrected chi connectivity index (χ3v) is 5.92. The normalized spacial score (nSPS) is 14.3. The van der Waals surface area contributed by atoms with Crippen LogP contribution >= 0.6 is 11.6 Å². The predicted octanol–water partition coefficient (Wildman–Crippen LogP) is 3.60. The summed E-state index contributed by atoms with van der Waals surface area (Å²) in [5, 5.41) is 7.85. The number of amides is 2. The van der Waals surface area contributed by atoms with Crippen LogP contribution in [0, 0.1) is 12.1 Å². The lowest BCUT2D eigenvalue weighted by atomic mass is 10.2. The summed E-state index contributed by atoms with van der Waals surface area (Å²) in [5.74, 6) is 1.67. The predicted molar refractivity (Wildman–Crippen MR) is 136 cm³/mol. The van der Waals surface area contributed by atoms with Crippen molar-refractivity contribution >= 4 is 40.0 Å². The van der Waals surface area contributed by atoms with E-state index in [0.717, 1.165) is 55.1 Å². The first-order valence-corrected chi connectivity index (χ1v) is 11.9. The van der Waals surface area contributed by atoms with Gasteiger partial charge in [-0.15, -0.1) is 0 Å². The first kappa shape index (κ1) is 24.0. The number of fused-ring (bicyclic) bond motifs is 1. The molecule has 9 heteroatoms. The Hall–Kier alpha value is -3.12. The number of anilines is 2. The van der Waals surface area contributed by atoms with E-state index in [-0.39, 0.29) is 6.03 Å². The topological polar surface area (TPSA) is 76.6 Å². The van der Waals surface area contributed by atoms with Crippen LogP contribution in [-0.4, -0.2) is 84.1 Å². The molecular weight excluding hydrogens is 450 g/mol. The quantitative estimate of drug-likeness (QED) is 0.481. The lowest BCUT2D eigenvalue weighted by Gasteiger charge is -2.34. The molecule has 34 heavy (non-hydrogen) atoms. The van der Waals surface area contributed by atoms with E-state index in [1.54, 1.807) is 17.0 Å². The van der Waals surface area contributed by atoms with Crippen molar-refractivity contribution in [2.24, 2.45) is 0 Å². The standard InChI is InChI=1S/C25H30ClN7O/c1-31(2)13-5-12-27-24-21-6-3-4-7-22(21)29-23(30-24)18-32-14-16-33(17-15-32)25(34)28-20-10-8-19(26)9-11-20/h3-4,6-8,10H,5,12-18H2,1-2H3,(H,28,34)(H,27,29,30). The van der Waals surface area contributed by atoms with Crippen LogP contribution in [0.5, 0.6) is 0 Å². The molecule has 0 radical (unpaired) electrons. The van der Waals surface area contributed by atoms with Crippen LogP contribution in [0.2, 0.25) is 5.02 Å². The molecule has 4 rings (SSSR count). The zero-order chi connectivity index (χ0) is 23.9. The molecule has 1 aliphatic rings. The van der Waals surface area contributed by atoms with E-state index in [1.807, 2.05) is 18.2 Å². The molecule has 2 amide bonds. The summed E-state index contributed by atoms with van der Waals surface area (Å²) >= 11 is 5.83. The fourth-order valence-corrected chi connectivity index (χ4v) is 3.99. The first-order valence-electron chi connectivity index (χ1n) is 11.5. The van der Waals surface area contributed by atoms with Gasteiger partial charge in [-0.3, -0.25) is 4.90 Å². The highest BCUT2D eigenvalue weighted by Crippen LogP contribution is 2.21. The SMILES string of the molecule is CN(C)CCCNc1nc(CN2CCN(C(=O)Nc3c#cc(Cl)cc3)CC2)nc2ccccc12. The van der Waals surface area contributed by atoms with E-state index in [2.05, 4.69) is 52.7 Å². The number of carbonyl (C=O) groups excluding carboxylic acids is 1. The van der Waals surface area contributed by atoms with E-state index in [9.17, 15) is 4.79 Å². The third-order valence-electron chi connectivity index (χ3n) is 5.70. The molecule has 1 aromatic heterocycles. The van der Waals surface area contributed by atoms with Crippen molar-refractivity contribution in [3.63, 3.8) is 0 Å². The minimum atomic E-state index is -0.141. The lowest BCUT2D eigenvalue weighted by Crippen LogP contribution is -2.49. The molecule has 8 nitrogen and oxygen atoms in total. The van der Waals surface area contributed by atoms with Gasteiger partial charge in [0, 0.05) is 38.1 Å². The number of urea groups is 1. The Balaban J connectivity index is 1.34. The van der Waals surface area contributed by atoms with Gasteiger partial charge in [0.05, 0.1) is 22.8 Å². The van der Waals surface area contributed by atoms with Gasteiger partial charge in [-0.25, -0.2) is 14.8 Å². The molecule has 0 atom stereocenters. The molecular formula is C25H30ClN7O. The molecule has 0 aliphatic carbocycles. The van der Waals surface area contributed by atoms with Gasteiger partial charge in [-0.2, -0.15) is 0 Å². The van der Waals surface area contributed by atoms with E-state index in [4.69, 9.17) is 21.6 Å². The molecule has 0 bridgehead atoms. The minimum Gasteiger partial charge on any atom is -0.369 e. The fraction of sp³-hybridized carbons (Fsp3) is 0.400. The van der Waals surface area contributed by atoms with Crippen LogP contribution in [0.1, 0.15) is 12.2 Å². The van der Waals surface area contributed by atoms with Crippen LogP contribution in [0.3, 0.4) is 0 Å².